The number of carbonyl (C=O) groups is 1. The van der Waals surface area contributed by atoms with Crippen molar-refractivity contribution >= 4 is 44.0 Å². The summed E-state index contributed by atoms with van der Waals surface area (Å²) in [6.07, 6.45) is 0. The fourth-order valence-electron chi connectivity index (χ4n) is 1.25. The van der Waals surface area contributed by atoms with E-state index < -0.39 is 0 Å². The highest BCUT2D eigenvalue weighted by Crippen LogP contribution is 2.26. The van der Waals surface area contributed by atoms with Crippen LogP contribution in [0.2, 0.25) is 0 Å². The first-order valence-corrected chi connectivity index (χ1v) is 4.96. The van der Waals surface area contributed by atoms with Crippen LogP contribution < -0.4 is 0 Å². The molecule has 0 saturated carbocycles. The molecule has 1 aliphatic rings. The van der Waals surface area contributed by atoms with E-state index >= 15 is 0 Å². The molecule has 0 spiro atoms. The van der Waals surface area contributed by atoms with Gasteiger partial charge in [0.15, 0.2) is 5.84 Å². The van der Waals surface area contributed by atoms with Crippen molar-refractivity contribution in [1.29, 1.82) is 0 Å². The molecule has 5 heteroatoms. The molecule has 1 amide bonds. The van der Waals surface area contributed by atoms with Gasteiger partial charge >= 0.3 is 0 Å². The summed E-state index contributed by atoms with van der Waals surface area (Å²) in [6.45, 7) is 0. The van der Waals surface area contributed by atoms with Gasteiger partial charge in [-0.3, -0.25) is 4.79 Å². The minimum atomic E-state index is -0.0891. The minimum absolute atomic E-state index is 0.0891. The molecule has 0 aromatic heterocycles. The summed E-state index contributed by atoms with van der Waals surface area (Å²) < 4.78 is 5.19. The van der Waals surface area contributed by atoms with Crippen molar-refractivity contribution in [2.75, 3.05) is 0 Å². The maximum Gasteiger partial charge on any atom is 0.270 e. The number of benzene rings is 1. The zero-order chi connectivity index (χ0) is 9.42. The van der Waals surface area contributed by atoms with Crippen LogP contribution in [0.4, 0.5) is 0 Å². The van der Waals surface area contributed by atoms with Crippen LogP contribution in [0, 0.1) is 0 Å². The van der Waals surface area contributed by atoms with Gasteiger partial charge in [0.05, 0.1) is 37.9 Å². The van der Waals surface area contributed by atoms with Gasteiger partial charge in [-0.25, -0.2) is 3.93 Å². The number of fused-ring (bicyclic) bond motifs is 1. The molecule has 1 aromatic rings. The molecular weight excluding hydrogens is 300 g/mol. The summed E-state index contributed by atoms with van der Waals surface area (Å²) in [6, 6.07) is 7.33. The third-order valence-electron chi connectivity index (χ3n) is 1.84. The standard InChI is InChI=1S/C8H4Br2N2O/c9-11-7-5-3-1-2-4-6(5)8(13)12(7)10/h1-4H. The first-order valence-electron chi connectivity index (χ1n) is 3.54. The molecule has 2 rings (SSSR count). The highest BCUT2D eigenvalue weighted by atomic mass is 79.9. The number of amidine groups is 1. The number of carbonyl (C=O) groups excluding carboxylic acids is 1. The third kappa shape index (κ3) is 1.23. The molecule has 0 saturated heterocycles. The van der Waals surface area contributed by atoms with Gasteiger partial charge in [0.1, 0.15) is 0 Å². The Morgan fingerprint density at radius 1 is 1.23 bits per heavy atom. The van der Waals surface area contributed by atoms with Gasteiger partial charge in [0, 0.05) is 5.56 Å². The summed E-state index contributed by atoms with van der Waals surface area (Å²) in [5, 5.41) is 0. The molecule has 0 unspecified atom stereocenters. The van der Waals surface area contributed by atoms with E-state index in [0.717, 1.165) is 5.56 Å². The monoisotopic (exact) mass is 302 g/mol. The van der Waals surface area contributed by atoms with Crippen molar-refractivity contribution in [2.24, 2.45) is 4.02 Å². The summed E-state index contributed by atoms with van der Waals surface area (Å²) in [4.78, 5) is 11.5. The summed E-state index contributed by atoms with van der Waals surface area (Å²) in [5.41, 5.74) is 1.50. The van der Waals surface area contributed by atoms with Gasteiger partial charge < -0.3 is 0 Å². The van der Waals surface area contributed by atoms with Crippen LogP contribution in [0.25, 0.3) is 0 Å². The molecule has 0 bridgehead atoms. The van der Waals surface area contributed by atoms with Crippen LogP contribution in [-0.2, 0) is 0 Å². The lowest BCUT2D eigenvalue weighted by molar-refractivity contribution is 0.0933. The Morgan fingerprint density at radius 3 is 2.46 bits per heavy atom. The van der Waals surface area contributed by atoms with Crippen molar-refractivity contribution in [3.05, 3.63) is 35.4 Å². The van der Waals surface area contributed by atoms with E-state index in [4.69, 9.17) is 0 Å². The van der Waals surface area contributed by atoms with Gasteiger partial charge in [-0.05, 0) is 6.07 Å². The highest BCUT2D eigenvalue weighted by molar-refractivity contribution is 9.08. The molecule has 1 aromatic carbocycles. The molecule has 0 atom stereocenters. The minimum Gasteiger partial charge on any atom is -0.268 e. The predicted octanol–water partition coefficient (Wildman–Crippen LogP) is 2.51. The van der Waals surface area contributed by atoms with Crippen LogP contribution in [0.1, 0.15) is 15.9 Å². The Balaban J connectivity index is 2.67. The smallest absolute Gasteiger partial charge is 0.268 e. The van der Waals surface area contributed by atoms with Gasteiger partial charge in [-0.2, -0.15) is 4.02 Å². The average Bonchev–Trinajstić information content (AvgIpc) is 2.41. The molecule has 3 nitrogen and oxygen atoms in total. The van der Waals surface area contributed by atoms with Crippen LogP contribution in [0.15, 0.2) is 28.3 Å². The largest absolute Gasteiger partial charge is 0.270 e. The average molecular weight is 304 g/mol. The molecule has 66 valence electrons. The molecule has 1 heterocycles. The van der Waals surface area contributed by atoms with E-state index in [1.807, 2.05) is 18.2 Å². The quantitative estimate of drug-likeness (QED) is 0.678. The predicted molar refractivity (Wildman–Crippen MR) is 57.0 cm³/mol. The lowest BCUT2D eigenvalue weighted by atomic mass is 10.1. The van der Waals surface area contributed by atoms with E-state index in [0.29, 0.717) is 11.4 Å². The lowest BCUT2D eigenvalue weighted by Crippen LogP contribution is -2.18. The van der Waals surface area contributed by atoms with Gasteiger partial charge in [0.2, 0.25) is 0 Å². The van der Waals surface area contributed by atoms with Crippen molar-refractivity contribution in [3.63, 3.8) is 0 Å². The summed E-state index contributed by atoms with van der Waals surface area (Å²) >= 11 is 6.11. The Hall–Kier alpha value is -0.680. The molecule has 0 N–H and O–H groups in total. The highest BCUT2D eigenvalue weighted by Gasteiger charge is 2.31. The lowest BCUT2D eigenvalue weighted by Gasteiger charge is -2.03. The Bertz CT molecular complexity index is 403. The zero-order valence-electron chi connectivity index (χ0n) is 6.37. The topological polar surface area (TPSA) is 32.7 Å². The van der Waals surface area contributed by atoms with Crippen LogP contribution in [-0.4, -0.2) is 15.7 Å². The van der Waals surface area contributed by atoms with Gasteiger partial charge in [-0.1, -0.05) is 18.2 Å². The van der Waals surface area contributed by atoms with Gasteiger partial charge in [-0.15, -0.1) is 0 Å². The van der Waals surface area contributed by atoms with Gasteiger partial charge in [0.25, 0.3) is 5.91 Å². The molecule has 0 fully saturated rings. The normalized spacial score (nSPS) is 18.2. The second-order valence-electron chi connectivity index (χ2n) is 2.54. The summed E-state index contributed by atoms with van der Waals surface area (Å²) in [5.74, 6) is 0.495. The molecule has 1 aliphatic heterocycles. The molecule has 0 radical (unpaired) electrons. The zero-order valence-corrected chi connectivity index (χ0v) is 9.54. The van der Waals surface area contributed by atoms with E-state index in [-0.39, 0.29) is 5.91 Å². The fraction of sp³-hybridized carbons (Fsp3) is 0. The number of nitrogens with zero attached hydrogens (tertiary/aromatic N) is 2. The first kappa shape index (κ1) is 8.90. The first-order chi connectivity index (χ1) is 6.25. The maximum atomic E-state index is 11.5. The maximum absolute atomic E-state index is 11.5. The number of hydrogen-bond acceptors (Lipinski definition) is 2. The SMILES string of the molecule is O=C1c2ccccc2C(=NBr)N1Br. The van der Waals surface area contributed by atoms with Crippen molar-refractivity contribution < 1.29 is 4.79 Å². The number of hydrogen-bond donors (Lipinski definition) is 0. The van der Waals surface area contributed by atoms with Crippen molar-refractivity contribution in [2.45, 2.75) is 0 Å². The van der Waals surface area contributed by atoms with Crippen LogP contribution >= 0.6 is 32.3 Å². The molecular formula is C8H4Br2N2O. The summed E-state index contributed by atoms with van der Waals surface area (Å²) in [7, 11) is 0. The van der Waals surface area contributed by atoms with E-state index in [1.54, 1.807) is 6.07 Å². The van der Waals surface area contributed by atoms with Crippen LogP contribution in [0.5, 0.6) is 0 Å². The van der Waals surface area contributed by atoms with E-state index in [2.05, 4.69) is 36.3 Å². The second kappa shape index (κ2) is 3.23. The second-order valence-corrected chi connectivity index (χ2v) is 3.60. The Kier molecular flexibility index (Phi) is 2.21. The third-order valence-corrected chi connectivity index (χ3v) is 2.84. The van der Waals surface area contributed by atoms with E-state index in [1.165, 1.54) is 3.93 Å². The fourth-order valence-corrected chi connectivity index (χ4v) is 2.27. The Labute approximate surface area is 92.1 Å². The van der Waals surface area contributed by atoms with E-state index in [9.17, 15) is 4.79 Å². The van der Waals surface area contributed by atoms with Crippen molar-refractivity contribution in [1.82, 2.24) is 3.93 Å². The number of rotatable bonds is 0. The molecule has 0 aliphatic carbocycles. The number of amides is 1. The van der Waals surface area contributed by atoms with Crippen molar-refractivity contribution in [3.8, 4) is 0 Å². The molecule has 13 heavy (non-hydrogen) atoms. The Morgan fingerprint density at radius 2 is 1.85 bits per heavy atom. The number of halogens is 2. The van der Waals surface area contributed by atoms with Crippen LogP contribution in [0.3, 0.4) is 0 Å².